The number of ether oxygens (including phenoxy) is 1. The molecule has 4 aromatic rings. The van der Waals surface area contributed by atoms with Gasteiger partial charge in [-0.3, -0.25) is 4.79 Å². The highest BCUT2D eigenvalue weighted by atomic mass is 79.9. The van der Waals surface area contributed by atoms with E-state index in [1.165, 1.54) is 0 Å². The van der Waals surface area contributed by atoms with Crippen LogP contribution in [0.15, 0.2) is 101 Å². The fourth-order valence-corrected chi connectivity index (χ4v) is 3.95. The van der Waals surface area contributed by atoms with Gasteiger partial charge >= 0.3 is 0 Å². The number of amides is 1. The summed E-state index contributed by atoms with van der Waals surface area (Å²) in [5.74, 6) is 0.184. The highest BCUT2D eigenvalue weighted by Gasteiger charge is 2.16. The van der Waals surface area contributed by atoms with Crippen LogP contribution in [0.4, 0.5) is 0 Å². The van der Waals surface area contributed by atoms with Crippen molar-refractivity contribution in [2.24, 2.45) is 0 Å². The molecule has 0 aromatic heterocycles. The van der Waals surface area contributed by atoms with Gasteiger partial charge in [-0.2, -0.15) is 5.26 Å². The lowest BCUT2D eigenvalue weighted by Crippen LogP contribution is -2.27. The zero-order chi connectivity index (χ0) is 23.9. The monoisotopic (exact) mass is 510 g/mol. The Balaban J connectivity index is 1.66. The summed E-state index contributed by atoms with van der Waals surface area (Å²) < 4.78 is 7.15. The summed E-state index contributed by atoms with van der Waals surface area (Å²) >= 11 is 3.44. The minimum Gasteiger partial charge on any atom is -0.488 e. The molecule has 0 saturated carbocycles. The van der Waals surface area contributed by atoms with Crippen LogP contribution in [0.5, 0.6) is 5.75 Å². The molecular formula is C29H23BrN2O2. The Kier molecular flexibility index (Phi) is 7.41. The van der Waals surface area contributed by atoms with E-state index >= 15 is 0 Å². The molecule has 1 amide bonds. The maximum atomic E-state index is 13.0. The Morgan fingerprint density at radius 2 is 1.71 bits per heavy atom. The third-order valence-electron chi connectivity index (χ3n) is 5.54. The zero-order valence-electron chi connectivity index (χ0n) is 18.7. The van der Waals surface area contributed by atoms with Crippen LogP contribution >= 0.6 is 15.9 Å². The second-order valence-corrected chi connectivity index (χ2v) is 8.80. The van der Waals surface area contributed by atoms with E-state index in [4.69, 9.17) is 4.74 Å². The minimum absolute atomic E-state index is 0.0209. The van der Waals surface area contributed by atoms with Gasteiger partial charge in [0, 0.05) is 10.0 Å². The van der Waals surface area contributed by atoms with Gasteiger partial charge in [-0.1, -0.05) is 88.7 Å². The van der Waals surface area contributed by atoms with Gasteiger partial charge in [-0.15, -0.1) is 0 Å². The fourth-order valence-electron chi connectivity index (χ4n) is 3.68. The molecule has 0 heterocycles. The minimum atomic E-state index is -0.425. The molecule has 5 heteroatoms. The fraction of sp³-hybridized carbons (Fsp3) is 0.103. The van der Waals surface area contributed by atoms with Gasteiger partial charge in [0.1, 0.15) is 24.0 Å². The van der Waals surface area contributed by atoms with E-state index in [0.717, 1.165) is 26.4 Å². The number of nitrogens with zero attached hydrogens (tertiary/aromatic N) is 1. The molecule has 0 radical (unpaired) electrons. The largest absolute Gasteiger partial charge is 0.488 e. The number of hydrogen-bond acceptors (Lipinski definition) is 3. The number of fused-ring (bicyclic) bond motifs is 1. The summed E-state index contributed by atoms with van der Waals surface area (Å²) in [6.45, 7) is 2.26. The molecule has 0 saturated heterocycles. The predicted octanol–water partition coefficient (Wildman–Crippen LogP) is 6.97. The number of benzene rings is 4. The maximum Gasteiger partial charge on any atom is 0.262 e. The molecule has 4 nitrogen and oxygen atoms in total. The van der Waals surface area contributed by atoms with E-state index in [9.17, 15) is 10.1 Å². The first-order valence-corrected chi connectivity index (χ1v) is 11.7. The predicted molar refractivity (Wildman–Crippen MR) is 139 cm³/mol. The second-order valence-electron chi connectivity index (χ2n) is 7.89. The van der Waals surface area contributed by atoms with Crippen LogP contribution < -0.4 is 10.1 Å². The Morgan fingerprint density at radius 1 is 1.00 bits per heavy atom. The lowest BCUT2D eigenvalue weighted by Gasteiger charge is -2.15. The van der Waals surface area contributed by atoms with Gasteiger partial charge in [-0.25, -0.2) is 0 Å². The molecule has 0 bridgehead atoms. The van der Waals surface area contributed by atoms with Crippen molar-refractivity contribution < 1.29 is 9.53 Å². The Bertz CT molecular complexity index is 1370. The number of carbonyl (C=O) groups excluding carboxylic acids is 1. The maximum absolute atomic E-state index is 13.0. The second kappa shape index (κ2) is 10.8. The zero-order valence-corrected chi connectivity index (χ0v) is 20.2. The van der Waals surface area contributed by atoms with E-state index in [1.54, 1.807) is 6.08 Å². The van der Waals surface area contributed by atoms with Crippen LogP contribution in [0.25, 0.3) is 16.8 Å². The van der Waals surface area contributed by atoms with Crippen molar-refractivity contribution in [3.8, 4) is 11.8 Å². The van der Waals surface area contributed by atoms with Gasteiger partial charge in [0.15, 0.2) is 0 Å². The van der Waals surface area contributed by atoms with E-state index in [-0.39, 0.29) is 11.6 Å². The van der Waals surface area contributed by atoms with Gasteiger partial charge in [-0.05, 0) is 53.1 Å². The quantitative estimate of drug-likeness (QED) is 0.215. The molecule has 4 aromatic carbocycles. The average Bonchev–Trinajstić information content (AvgIpc) is 2.87. The van der Waals surface area contributed by atoms with E-state index in [0.29, 0.717) is 17.9 Å². The van der Waals surface area contributed by atoms with Crippen LogP contribution in [0.1, 0.15) is 29.7 Å². The van der Waals surface area contributed by atoms with Gasteiger partial charge in [0.25, 0.3) is 5.91 Å². The van der Waals surface area contributed by atoms with Crippen LogP contribution in [0, 0.1) is 11.3 Å². The molecule has 1 atom stereocenters. The number of hydrogen-bond donors (Lipinski definition) is 1. The van der Waals surface area contributed by atoms with E-state index < -0.39 is 5.91 Å². The van der Waals surface area contributed by atoms with E-state index in [2.05, 4.69) is 27.3 Å². The molecule has 1 N–H and O–H groups in total. The van der Waals surface area contributed by atoms with Crippen LogP contribution in [-0.4, -0.2) is 5.91 Å². The Hall–Kier alpha value is -3.88. The molecule has 0 aliphatic carbocycles. The van der Waals surface area contributed by atoms with Crippen molar-refractivity contribution in [1.29, 1.82) is 5.26 Å². The summed E-state index contributed by atoms with van der Waals surface area (Å²) in [4.78, 5) is 13.0. The average molecular weight is 511 g/mol. The summed E-state index contributed by atoms with van der Waals surface area (Å²) in [6.07, 6.45) is 1.62. The normalized spacial score (nSPS) is 12.1. The first kappa shape index (κ1) is 23.3. The van der Waals surface area contributed by atoms with Gasteiger partial charge in [0.05, 0.1) is 6.04 Å². The Labute approximate surface area is 207 Å². The number of nitrogens with one attached hydrogen (secondary N) is 1. The summed E-state index contributed by atoms with van der Waals surface area (Å²) in [5.41, 5.74) is 2.71. The van der Waals surface area contributed by atoms with Crippen molar-refractivity contribution in [3.05, 3.63) is 118 Å². The number of nitriles is 1. The molecule has 0 fully saturated rings. The van der Waals surface area contributed by atoms with Crippen molar-refractivity contribution in [1.82, 2.24) is 5.32 Å². The smallest absolute Gasteiger partial charge is 0.262 e. The van der Waals surface area contributed by atoms with Crippen LogP contribution in [-0.2, 0) is 11.4 Å². The van der Waals surface area contributed by atoms with Crippen LogP contribution in [0.3, 0.4) is 0 Å². The van der Waals surface area contributed by atoms with Crippen molar-refractivity contribution >= 4 is 38.7 Å². The van der Waals surface area contributed by atoms with Crippen molar-refractivity contribution in [3.63, 3.8) is 0 Å². The molecule has 0 aliphatic rings. The molecule has 0 spiro atoms. The molecule has 168 valence electrons. The van der Waals surface area contributed by atoms with Gasteiger partial charge < -0.3 is 10.1 Å². The third-order valence-corrected chi connectivity index (χ3v) is 6.07. The molecule has 4 rings (SSSR count). The van der Waals surface area contributed by atoms with Gasteiger partial charge in [0.2, 0.25) is 0 Å². The highest BCUT2D eigenvalue weighted by Crippen LogP contribution is 2.31. The lowest BCUT2D eigenvalue weighted by molar-refractivity contribution is -0.117. The SMILES string of the molecule is C[C@H](NC(=O)/C(C#N)=C/c1c(OCc2ccc(Br)cc2)ccc2ccccc12)c1ccccc1. The number of halogens is 1. The summed E-state index contributed by atoms with van der Waals surface area (Å²) in [7, 11) is 0. The molecule has 0 aliphatic heterocycles. The number of rotatable bonds is 7. The van der Waals surface area contributed by atoms with Crippen LogP contribution in [0.2, 0.25) is 0 Å². The standard InChI is InChI=1S/C29H23BrN2O2/c1-20(22-7-3-2-4-8-22)32-29(33)24(18-31)17-27-26-10-6-5-9-23(26)13-16-28(27)34-19-21-11-14-25(30)15-12-21/h2-17,20H,19H2,1H3,(H,32,33)/b24-17+/t20-/m0/s1. The summed E-state index contributed by atoms with van der Waals surface area (Å²) in [6, 6.07) is 31.1. The third kappa shape index (κ3) is 5.54. The molecule has 34 heavy (non-hydrogen) atoms. The molecular weight excluding hydrogens is 488 g/mol. The number of carbonyl (C=O) groups is 1. The van der Waals surface area contributed by atoms with Crippen molar-refractivity contribution in [2.75, 3.05) is 0 Å². The molecule has 0 unspecified atom stereocenters. The van der Waals surface area contributed by atoms with E-state index in [1.807, 2.05) is 97.9 Å². The van der Waals surface area contributed by atoms with Crippen molar-refractivity contribution in [2.45, 2.75) is 19.6 Å². The summed E-state index contributed by atoms with van der Waals surface area (Å²) in [5, 5.41) is 14.6. The lowest BCUT2D eigenvalue weighted by atomic mass is 10.0. The Morgan fingerprint density at radius 3 is 2.44 bits per heavy atom. The topological polar surface area (TPSA) is 62.1 Å². The first-order valence-electron chi connectivity index (χ1n) is 10.9. The first-order chi connectivity index (χ1) is 16.5. The highest BCUT2D eigenvalue weighted by molar-refractivity contribution is 9.10.